The summed E-state index contributed by atoms with van der Waals surface area (Å²) in [6, 6.07) is 7.66. The predicted octanol–water partition coefficient (Wildman–Crippen LogP) is 2.94. The van der Waals surface area contributed by atoms with Crippen molar-refractivity contribution in [3.63, 3.8) is 0 Å². The van der Waals surface area contributed by atoms with Gasteiger partial charge in [0.2, 0.25) is 0 Å². The zero-order valence-corrected chi connectivity index (χ0v) is 14.7. The molecule has 0 radical (unpaired) electrons. The molecule has 6 nitrogen and oxygen atoms in total. The lowest BCUT2D eigenvalue weighted by atomic mass is 10.1. The van der Waals surface area contributed by atoms with Crippen LogP contribution in [0.1, 0.15) is 49.9 Å². The molecule has 1 fully saturated rings. The van der Waals surface area contributed by atoms with Gasteiger partial charge in [-0.2, -0.15) is 5.10 Å². The van der Waals surface area contributed by atoms with Gasteiger partial charge in [0.15, 0.2) is 11.4 Å². The minimum atomic E-state index is -0.941. The molecule has 1 atom stereocenters. The number of nitrogens with one attached hydrogen (secondary N) is 1. The van der Waals surface area contributed by atoms with E-state index in [4.69, 9.17) is 4.74 Å². The van der Waals surface area contributed by atoms with Crippen LogP contribution >= 0.6 is 0 Å². The van der Waals surface area contributed by atoms with Crippen LogP contribution in [0.3, 0.4) is 0 Å². The van der Waals surface area contributed by atoms with Crippen molar-refractivity contribution in [1.82, 2.24) is 20.1 Å². The van der Waals surface area contributed by atoms with Crippen molar-refractivity contribution >= 4 is 5.91 Å². The number of hydrogen-bond donors (Lipinski definition) is 1. The molecule has 0 spiro atoms. The summed E-state index contributed by atoms with van der Waals surface area (Å²) in [6.07, 6.45) is 1.83. The molecule has 1 saturated heterocycles. The Morgan fingerprint density at radius 1 is 1.29 bits per heavy atom. The van der Waals surface area contributed by atoms with Crippen molar-refractivity contribution in [3.8, 4) is 5.75 Å². The lowest BCUT2D eigenvalue weighted by molar-refractivity contribution is -0.146. The van der Waals surface area contributed by atoms with Crippen LogP contribution in [0.15, 0.2) is 24.3 Å². The van der Waals surface area contributed by atoms with Gasteiger partial charge < -0.3 is 9.64 Å². The maximum absolute atomic E-state index is 13.1. The van der Waals surface area contributed by atoms with E-state index in [0.29, 0.717) is 18.1 Å². The summed E-state index contributed by atoms with van der Waals surface area (Å²) in [5, 5.41) is 7.09. The molecule has 1 aromatic heterocycles. The van der Waals surface area contributed by atoms with Gasteiger partial charge in [0.1, 0.15) is 11.6 Å². The second kappa shape index (κ2) is 6.26. The number of benzene rings is 1. The number of hydrogen-bond acceptors (Lipinski definition) is 4. The Hall–Kier alpha value is -2.37. The Morgan fingerprint density at radius 3 is 2.62 bits per heavy atom. The molecule has 1 N–H and O–H groups in total. The van der Waals surface area contributed by atoms with Gasteiger partial charge in [-0.25, -0.2) is 4.98 Å². The van der Waals surface area contributed by atoms with Gasteiger partial charge in [-0.15, -0.1) is 0 Å². The standard InChI is InChI=1S/C18H24N4O2/c1-12-7-9-14(10-8-12)24-18(3,4)17(23)22-11-5-6-15(22)16-19-13(2)20-21-16/h7-10,15H,5-6,11H2,1-4H3,(H,19,20,21). The fraction of sp³-hybridized carbons (Fsp3) is 0.500. The largest absolute Gasteiger partial charge is 0.478 e. The second-order valence-corrected chi connectivity index (χ2v) is 6.86. The molecule has 2 aromatic rings. The normalized spacial score (nSPS) is 18.0. The van der Waals surface area contributed by atoms with E-state index in [9.17, 15) is 4.79 Å². The SMILES string of the molecule is Cc1ccc(OC(C)(C)C(=O)N2CCCC2c2n[nH]c(C)n2)cc1. The molecule has 1 unspecified atom stereocenters. The summed E-state index contributed by atoms with van der Waals surface area (Å²) < 4.78 is 5.98. The number of nitrogens with zero attached hydrogens (tertiary/aromatic N) is 3. The molecule has 6 heteroatoms. The molecule has 3 rings (SSSR count). The van der Waals surface area contributed by atoms with Crippen LogP contribution in [0.25, 0.3) is 0 Å². The van der Waals surface area contributed by atoms with E-state index in [2.05, 4.69) is 15.2 Å². The van der Waals surface area contributed by atoms with Crippen LogP contribution in [0.2, 0.25) is 0 Å². The summed E-state index contributed by atoms with van der Waals surface area (Å²) in [5.74, 6) is 2.11. The highest BCUT2D eigenvalue weighted by atomic mass is 16.5. The third-order valence-electron chi connectivity index (χ3n) is 4.34. The lowest BCUT2D eigenvalue weighted by Gasteiger charge is -2.32. The third kappa shape index (κ3) is 3.27. The average molecular weight is 328 g/mol. The van der Waals surface area contributed by atoms with Gasteiger partial charge in [0.25, 0.3) is 5.91 Å². The molecule has 1 amide bonds. The number of ether oxygens (including phenoxy) is 1. The zero-order chi connectivity index (χ0) is 17.3. The number of H-pyrrole nitrogens is 1. The number of likely N-dealkylation sites (tertiary alicyclic amines) is 1. The molecule has 128 valence electrons. The molecule has 2 heterocycles. The molecule has 24 heavy (non-hydrogen) atoms. The van der Waals surface area contributed by atoms with Crippen molar-refractivity contribution in [2.75, 3.05) is 6.54 Å². The summed E-state index contributed by atoms with van der Waals surface area (Å²) in [7, 11) is 0. The Balaban J connectivity index is 1.77. The van der Waals surface area contributed by atoms with Crippen molar-refractivity contribution < 1.29 is 9.53 Å². The van der Waals surface area contributed by atoms with E-state index in [0.717, 1.165) is 24.2 Å². The maximum Gasteiger partial charge on any atom is 0.266 e. The summed E-state index contributed by atoms with van der Waals surface area (Å²) in [6.45, 7) is 8.22. The second-order valence-electron chi connectivity index (χ2n) is 6.86. The smallest absolute Gasteiger partial charge is 0.266 e. The van der Waals surface area contributed by atoms with Gasteiger partial charge in [0.05, 0.1) is 6.04 Å². The minimum absolute atomic E-state index is 0.0342. The van der Waals surface area contributed by atoms with E-state index in [1.165, 1.54) is 0 Å². The number of carbonyl (C=O) groups is 1. The molecule has 1 aliphatic rings. The zero-order valence-electron chi connectivity index (χ0n) is 14.7. The van der Waals surface area contributed by atoms with E-state index in [1.807, 2.05) is 56.9 Å². The van der Waals surface area contributed by atoms with Gasteiger partial charge in [-0.1, -0.05) is 17.7 Å². The van der Waals surface area contributed by atoms with Crippen LogP contribution in [0.5, 0.6) is 5.75 Å². The molecule has 0 aliphatic carbocycles. The number of aromatic nitrogens is 3. The fourth-order valence-electron chi connectivity index (χ4n) is 3.08. The Morgan fingerprint density at radius 2 is 2.00 bits per heavy atom. The number of carbonyl (C=O) groups excluding carboxylic acids is 1. The van der Waals surface area contributed by atoms with Gasteiger partial charge in [-0.05, 0) is 52.7 Å². The number of aryl methyl sites for hydroxylation is 2. The molecule has 1 aromatic carbocycles. The first-order valence-electron chi connectivity index (χ1n) is 8.32. The Bertz CT molecular complexity index is 721. The van der Waals surface area contributed by atoms with Crippen molar-refractivity contribution in [2.24, 2.45) is 0 Å². The van der Waals surface area contributed by atoms with Crippen molar-refractivity contribution in [1.29, 1.82) is 0 Å². The van der Waals surface area contributed by atoms with E-state index >= 15 is 0 Å². The van der Waals surface area contributed by atoms with Crippen LogP contribution in [-0.2, 0) is 4.79 Å². The monoisotopic (exact) mass is 328 g/mol. The molecule has 0 bridgehead atoms. The highest BCUT2D eigenvalue weighted by molar-refractivity contribution is 5.85. The first kappa shape index (κ1) is 16.5. The third-order valence-corrected chi connectivity index (χ3v) is 4.34. The van der Waals surface area contributed by atoms with Gasteiger partial charge in [0, 0.05) is 6.54 Å². The van der Waals surface area contributed by atoms with Crippen molar-refractivity contribution in [2.45, 2.75) is 52.2 Å². The molecule has 1 aliphatic heterocycles. The van der Waals surface area contributed by atoms with Crippen LogP contribution in [0, 0.1) is 13.8 Å². The summed E-state index contributed by atoms with van der Waals surface area (Å²) in [5.41, 5.74) is 0.217. The predicted molar refractivity (Wildman–Crippen MR) is 90.7 cm³/mol. The molecule has 0 saturated carbocycles. The highest BCUT2D eigenvalue weighted by Gasteiger charge is 2.41. The van der Waals surface area contributed by atoms with E-state index < -0.39 is 5.60 Å². The van der Waals surface area contributed by atoms with Crippen LogP contribution in [-0.4, -0.2) is 38.1 Å². The van der Waals surface area contributed by atoms with E-state index in [-0.39, 0.29) is 11.9 Å². The maximum atomic E-state index is 13.1. The number of rotatable bonds is 4. The van der Waals surface area contributed by atoms with Gasteiger partial charge >= 0.3 is 0 Å². The van der Waals surface area contributed by atoms with Gasteiger partial charge in [-0.3, -0.25) is 9.89 Å². The van der Waals surface area contributed by atoms with Crippen LogP contribution in [0.4, 0.5) is 0 Å². The first-order valence-corrected chi connectivity index (χ1v) is 8.32. The molecular weight excluding hydrogens is 304 g/mol. The summed E-state index contributed by atoms with van der Waals surface area (Å²) in [4.78, 5) is 19.3. The summed E-state index contributed by atoms with van der Waals surface area (Å²) >= 11 is 0. The first-order chi connectivity index (χ1) is 11.4. The lowest BCUT2D eigenvalue weighted by Crippen LogP contribution is -2.48. The molecular formula is C18H24N4O2. The average Bonchev–Trinajstić information content (AvgIpc) is 3.17. The van der Waals surface area contributed by atoms with Crippen molar-refractivity contribution in [3.05, 3.63) is 41.5 Å². The fourth-order valence-corrected chi connectivity index (χ4v) is 3.08. The number of amides is 1. The number of aromatic amines is 1. The topological polar surface area (TPSA) is 71.1 Å². The quantitative estimate of drug-likeness (QED) is 0.937. The highest BCUT2D eigenvalue weighted by Crippen LogP contribution is 2.33. The van der Waals surface area contributed by atoms with Crippen LogP contribution < -0.4 is 4.74 Å². The van der Waals surface area contributed by atoms with E-state index in [1.54, 1.807) is 0 Å². The minimum Gasteiger partial charge on any atom is -0.478 e. The Labute approximate surface area is 142 Å². The Kier molecular flexibility index (Phi) is 4.30.